The molecule has 0 saturated heterocycles. The van der Waals surface area contributed by atoms with Crippen molar-refractivity contribution < 1.29 is 12.3 Å². The van der Waals surface area contributed by atoms with Gasteiger partial charge in [-0.3, -0.25) is 9.55 Å². The predicted molar refractivity (Wildman–Crippen MR) is 243 cm³/mol. The molecule has 0 N–H and O–H groups in total. The Morgan fingerprint density at radius 3 is 2.11 bits per heavy atom. The summed E-state index contributed by atoms with van der Waals surface area (Å²) in [7, 11) is 0. The van der Waals surface area contributed by atoms with Crippen LogP contribution in [-0.4, -0.2) is 19.5 Å². The van der Waals surface area contributed by atoms with Gasteiger partial charge in [0.25, 0.3) is 0 Å². The Morgan fingerprint density at radius 2 is 1.26 bits per heavy atom. The molecule has 0 amide bonds. The largest absolute Gasteiger partial charge is 0.292 e. The van der Waals surface area contributed by atoms with Gasteiger partial charge in [0.1, 0.15) is 0 Å². The summed E-state index contributed by atoms with van der Waals surface area (Å²) in [5.74, 6) is 0.453. The molecule has 13 rings (SSSR count). The molecule has 0 fully saturated rings. The number of hydrogen-bond donors (Lipinski definition) is 0. The van der Waals surface area contributed by atoms with Gasteiger partial charge in [-0.1, -0.05) is 127 Å². The molecule has 13 aromatic rings. The summed E-state index contributed by atoms with van der Waals surface area (Å²) in [6.45, 7) is 0. The van der Waals surface area contributed by atoms with Crippen molar-refractivity contribution in [1.29, 1.82) is 0 Å². The van der Waals surface area contributed by atoms with E-state index in [1.807, 2.05) is 48.7 Å². The van der Waals surface area contributed by atoms with E-state index in [2.05, 4.69) is 70.2 Å². The van der Waals surface area contributed by atoms with E-state index in [1.165, 1.54) is 11.3 Å². The van der Waals surface area contributed by atoms with E-state index >= 15 is 0 Å². The Morgan fingerprint density at radius 1 is 0.544 bits per heavy atom. The standard InChI is InChI=1S/C51H28N4S2/c1-2-14-32-30(12-1)26-40(34-16-4-3-15-33(32)34)50-53-46-39-20-8-10-22-43(39)57-49(46)51(54-50)55-41-27-29(31-13-11-25-52-28-31)23-24-37(41)45-47(55)36-18-6-5-17-35(36)44-38-19-7-9-21-42(38)56-48(44)45/h1-28H/i1D,2D,3D,4D,12D,14D,15D,16D,26D. The normalized spacial score (nSPS) is 14.4. The van der Waals surface area contributed by atoms with Crippen LogP contribution in [0.1, 0.15) is 12.3 Å². The minimum absolute atomic E-state index is 0.0268. The van der Waals surface area contributed by atoms with Crippen molar-refractivity contribution in [3.8, 4) is 28.3 Å². The predicted octanol–water partition coefficient (Wildman–Crippen LogP) is 14.5. The number of thiophene rings is 2. The second kappa shape index (κ2) is 11.8. The first kappa shape index (κ1) is 23.8. The molecule has 0 atom stereocenters. The van der Waals surface area contributed by atoms with Gasteiger partial charge < -0.3 is 0 Å². The molecule has 0 unspecified atom stereocenters. The van der Waals surface area contributed by atoms with Crippen LogP contribution in [0.15, 0.2) is 170 Å². The van der Waals surface area contributed by atoms with Crippen LogP contribution in [0.25, 0.3) is 123 Å². The summed E-state index contributed by atoms with van der Waals surface area (Å²) >= 11 is 3.27. The molecule has 0 spiro atoms. The van der Waals surface area contributed by atoms with Gasteiger partial charge in [-0.2, -0.15) is 0 Å². The average molecular weight is 770 g/mol. The summed E-state index contributed by atoms with van der Waals surface area (Å²) in [5.41, 5.74) is 4.08. The minimum atomic E-state index is -0.574. The number of aromatic nitrogens is 4. The summed E-state index contributed by atoms with van der Waals surface area (Å²) in [6.07, 6.45) is 3.57. The summed E-state index contributed by atoms with van der Waals surface area (Å²) in [4.78, 5) is 15.1. The first-order valence-corrected chi connectivity index (χ1v) is 20.0. The lowest BCUT2D eigenvalue weighted by atomic mass is 9.97. The lowest BCUT2D eigenvalue weighted by Gasteiger charge is -2.14. The Bertz CT molecular complexity index is 4350. The van der Waals surface area contributed by atoms with Gasteiger partial charge in [0.15, 0.2) is 11.6 Å². The van der Waals surface area contributed by atoms with Crippen molar-refractivity contribution in [2.24, 2.45) is 0 Å². The Kier molecular flexibility index (Phi) is 4.91. The maximum atomic E-state index is 9.88. The highest BCUT2D eigenvalue weighted by Crippen LogP contribution is 2.50. The van der Waals surface area contributed by atoms with Crippen LogP contribution in [0.2, 0.25) is 0 Å². The van der Waals surface area contributed by atoms with Crippen LogP contribution in [0.3, 0.4) is 0 Å². The topological polar surface area (TPSA) is 43.6 Å². The molecule has 0 bridgehead atoms. The van der Waals surface area contributed by atoms with Gasteiger partial charge in [-0.25, -0.2) is 9.97 Å². The van der Waals surface area contributed by atoms with Gasteiger partial charge in [0.05, 0.1) is 33.6 Å². The van der Waals surface area contributed by atoms with E-state index in [-0.39, 0.29) is 39.0 Å². The first-order valence-electron chi connectivity index (χ1n) is 22.9. The smallest absolute Gasteiger partial charge is 0.162 e. The van der Waals surface area contributed by atoms with Crippen LogP contribution in [0, 0.1) is 0 Å². The second-order valence-electron chi connectivity index (χ2n) is 14.0. The van der Waals surface area contributed by atoms with Crippen molar-refractivity contribution in [3.63, 3.8) is 0 Å². The average Bonchev–Trinajstić information content (AvgIpc) is 4.03. The van der Waals surface area contributed by atoms with Crippen LogP contribution in [0.4, 0.5) is 0 Å². The van der Waals surface area contributed by atoms with Crippen molar-refractivity contribution in [1.82, 2.24) is 19.5 Å². The van der Waals surface area contributed by atoms with Crippen molar-refractivity contribution in [2.75, 3.05) is 0 Å². The van der Waals surface area contributed by atoms with Crippen LogP contribution >= 0.6 is 22.7 Å². The van der Waals surface area contributed by atoms with E-state index in [0.717, 1.165) is 78.7 Å². The van der Waals surface area contributed by atoms with Gasteiger partial charge in [0, 0.05) is 69.9 Å². The highest BCUT2D eigenvalue weighted by atomic mass is 32.1. The number of fused-ring (bicyclic) bond motifs is 16. The van der Waals surface area contributed by atoms with Gasteiger partial charge in [0.2, 0.25) is 0 Å². The summed E-state index contributed by atoms with van der Waals surface area (Å²) < 4.78 is 87.5. The number of hydrogen-bond acceptors (Lipinski definition) is 5. The van der Waals surface area contributed by atoms with Gasteiger partial charge in [-0.05, 0) is 62.8 Å². The summed E-state index contributed by atoms with van der Waals surface area (Å²) in [5, 5.41) is 6.61. The molecule has 264 valence electrons. The molecule has 0 radical (unpaired) electrons. The quantitative estimate of drug-likeness (QED) is 0.168. The third kappa shape index (κ3) is 4.39. The zero-order valence-electron chi connectivity index (χ0n) is 38.6. The molecule has 5 aromatic heterocycles. The fraction of sp³-hybridized carbons (Fsp3) is 0. The Labute approximate surface area is 346 Å². The van der Waals surface area contributed by atoms with E-state index in [0.29, 0.717) is 11.3 Å². The van der Waals surface area contributed by atoms with Gasteiger partial charge in [-0.15, -0.1) is 22.7 Å². The Hall–Kier alpha value is -6.99. The third-order valence-corrected chi connectivity index (χ3v) is 13.3. The minimum Gasteiger partial charge on any atom is -0.292 e. The fourth-order valence-electron chi connectivity index (χ4n) is 8.58. The maximum absolute atomic E-state index is 9.88. The fourth-order valence-corrected chi connectivity index (χ4v) is 11.0. The van der Waals surface area contributed by atoms with E-state index in [1.54, 1.807) is 17.5 Å². The molecule has 57 heavy (non-hydrogen) atoms. The third-order valence-electron chi connectivity index (χ3n) is 11.0. The zero-order chi connectivity index (χ0) is 45.0. The zero-order valence-corrected chi connectivity index (χ0v) is 31.2. The molecule has 0 aliphatic rings. The number of nitrogens with zero attached hydrogens (tertiary/aromatic N) is 4. The number of pyridine rings is 1. The Balaban J connectivity index is 1.28. The summed E-state index contributed by atoms with van der Waals surface area (Å²) in [6, 6.07) is 30.4. The van der Waals surface area contributed by atoms with E-state index < -0.39 is 48.3 Å². The maximum Gasteiger partial charge on any atom is 0.162 e. The lowest BCUT2D eigenvalue weighted by Crippen LogP contribution is -2.02. The molecule has 0 saturated carbocycles. The van der Waals surface area contributed by atoms with Crippen LogP contribution < -0.4 is 0 Å². The van der Waals surface area contributed by atoms with Crippen LogP contribution in [0.5, 0.6) is 0 Å². The molecule has 0 aliphatic heterocycles. The van der Waals surface area contributed by atoms with Crippen molar-refractivity contribution >= 4 is 117 Å². The highest BCUT2D eigenvalue weighted by molar-refractivity contribution is 7.27. The number of benzene rings is 8. The second-order valence-corrected chi connectivity index (χ2v) is 16.1. The molecular weight excluding hydrogens is 733 g/mol. The van der Waals surface area contributed by atoms with Gasteiger partial charge >= 0.3 is 0 Å². The first-order chi connectivity index (χ1) is 32.0. The molecule has 0 aliphatic carbocycles. The molecule has 4 nitrogen and oxygen atoms in total. The SMILES string of the molecule is [2H]c1c([2H])c([2H])c2c(c1[2H])c([2H])c(-c1nc(-n3c4cc(-c5cccnc5)ccc4c4c5sc6ccccc6c5c5ccccc5c43)c3sc4ccccc4c3n1)c1c([2H])c([2H])c([2H])c([2H])c12. The van der Waals surface area contributed by atoms with Crippen LogP contribution in [-0.2, 0) is 0 Å². The van der Waals surface area contributed by atoms with Crippen molar-refractivity contribution in [3.05, 3.63) is 170 Å². The molecule has 8 aromatic carbocycles. The molecule has 6 heteroatoms. The monoisotopic (exact) mass is 769 g/mol. The molecular formula is C51H28N4S2. The highest BCUT2D eigenvalue weighted by Gasteiger charge is 2.26. The number of rotatable bonds is 3. The molecule has 5 heterocycles. The van der Waals surface area contributed by atoms with E-state index in [9.17, 15) is 4.11 Å². The van der Waals surface area contributed by atoms with E-state index in [4.69, 9.17) is 18.2 Å². The lowest BCUT2D eigenvalue weighted by molar-refractivity contribution is 1.09. The van der Waals surface area contributed by atoms with Crippen molar-refractivity contribution in [2.45, 2.75) is 0 Å².